The van der Waals surface area contributed by atoms with E-state index in [1.54, 1.807) is 0 Å². The molecule has 0 fully saturated rings. The fraction of sp³-hybridized carbons (Fsp3) is 0.143. The number of hydrogen-bond acceptors (Lipinski definition) is 3. The standard InChI is InChI=1S/C14H10F4N2O2S/c1-23(22)11-4-3-9(6-10(11)15)20-13(21)8-2-5-12(19-7-8)14(16,17)18/h2-7H,1H3,(H,20,21). The van der Waals surface area contributed by atoms with Gasteiger partial charge < -0.3 is 5.32 Å². The van der Waals surface area contributed by atoms with Gasteiger partial charge in [0.05, 0.1) is 21.3 Å². The molecule has 0 radical (unpaired) electrons. The van der Waals surface area contributed by atoms with Crippen LogP contribution < -0.4 is 5.32 Å². The Morgan fingerprint density at radius 3 is 2.39 bits per heavy atom. The Bertz CT molecular complexity index is 760. The number of aromatic nitrogens is 1. The van der Waals surface area contributed by atoms with Crippen molar-refractivity contribution in [1.82, 2.24) is 4.98 Å². The van der Waals surface area contributed by atoms with Gasteiger partial charge in [-0.2, -0.15) is 13.2 Å². The lowest BCUT2D eigenvalue weighted by Gasteiger charge is -2.08. The highest BCUT2D eigenvalue weighted by Gasteiger charge is 2.32. The van der Waals surface area contributed by atoms with Crippen LogP contribution in [0.5, 0.6) is 0 Å². The zero-order valence-corrected chi connectivity index (χ0v) is 12.5. The van der Waals surface area contributed by atoms with Crippen molar-refractivity contribution in [3.63, 3.8) is 0 Å². The van der Waals surface area contributed by atoms with Gasteiger partial charge in [0.15, 0.2) is 0 Å². The lowest BCUT2D eigenvalue weighted by molar-refractivity contribution is -0.141. The van der Waals surface area contributed by atoms with E-state index in [2.05, 4.69) is 10.3 Å². The number of nitrogens with one attached hydrogen (secondary N) is 1. The predicted octanol–water partition coefficient (Wildman–Crippen LogP) is 3.23. The summed E-state index contributed by atoms with van der Waals surface area (Å²) in [5, 5.41) is 2.32. The average Bonchev–Trinajstić information content (AvgIpc) is 2.46. The van der Waals surface area contributed by atoms with E-state index in [0.717, 1.165) is 18.3 Å². The topological polar surface area (TPSA) is 59.1 Å². The van der Waals surface area contributed by atoms with Crippen molar-refractivity contribution < 1.29 is 26.6 Å². The minimum Gasteiger partial charge on any atom is -0.322 e. The summed E-state index contributed by atoms with van der Waals surface area (Å²) in [5.74, 6) is -1.50. The molecule has 2 aromatic rings. The van der Waals surface area contributed by atoms with Gasteiger partial charge in [0, 0.05) is 18.1 Å². The fourth-order valence-corrected chi connectivity index (χ4v) is 2.30. The Labute approximate surface area is 131 Å². The van der Waals surface area contributed by atoms with Crippen LogP contribution in [0.4, 0.5) is 23.2 Å². The molecule has 2 rings (SSSR count). The highest BCUT2D eigenvalue weighted by molar-refractivity contribution is 7.84. The maximum Gasteiger partial charge on any atom is 0.433 e. The summed E-state index contributed by atoms with van der Waals surface area (Å²) in [6, 6.07) is 5.23. The van der Waals surface area contributed by atoms with E-state index in [1.165, 1.54) is 18.4 Å². The summed E-state index contributed by atoms with van der Waals surface area (Å²) in [4.78, 5) is 15.0. The van der Waals surface area contributed by atoms with Gasteiger partial charge in [-0.25, -0.2) is 4.39 Å². The molecule has 9 heteroatoms. The molecule has 122 valence electrons. The third-order valence-electron chi connectivity index (χ3n) is 2.82. The lowest BCUT2D eigenvalue weighted by Crippen LogP contribution is -2.14. The van der Waals surface area contributed by atoms with E-state index in [-0.39, 0.29) is 16.1 Å². The van der Waals surface area contributed by atoms with Crippen molar-refractivity contribution in [1.29, 1.82) is 0 Å². The lowest BCUT2D eigenvalue weighted by atomic mass is 10.2. The second kappa shape index (κ2) is 6.45. The Morgan fingerprint density at radius 2 is 1.91 bits per heavy atom. The maximum absolute atomic E-state index is 13.7. The molecule has 1 unspecified atom stereocenters. The molecule has 1 N–H and O–H groups in total. The number of amides is 1. The Balaban J connectivity index is 2.16. The summed E-state index contributed by atoms with van der Waals surface area (Å²) in [5.41, 5.74) is -1.14. The molecule has 1 amide bonds. The van der Waals surface area contributed by atoms with E-state index in [4.69, 9.17) is 0 Å². The molecule has 23 heavy (non-hydrogen) atoms. The summed E-state index contributed by atoms with van der Waals surface area (Å²) >= 11 is 0. The van der Waals surface area contributed by atoms with Crippen LogP contribution in [0, 0.1) is 5.82 Å². The van der Waals surface area contributed by atoms with Crippen LogP contribution in [0.3, 0.4) is 0 Å². The van der Waals surface area contributed by atoms with Crippen LogP contribution >= 0.6 is 0 Å². The molecule has 1 aromatic carbocycles. The maximum atomic E-state index is 13.7. The number of nitrogens with zero attached hydrogens (tertiary/aromatic N) is 1. The van der Waals surface area contributed by atoms with Gasteiger partial charge in [-0.15, -0.1) is 0 Å². The van der Waals surface area contributed by atoms with Gasteiger partial charge >= 0.3 is 6.18 Å². The van der Waals surface area contributed by atoms with Gasteiger partial charge in [-0.05, 0) is 30.3 Å². The number of anilines is 1. The van der Waals surface area contributed by atoms with Crippen molar-refractivity contribution >= 4 is 22.4 Å². The van der Waals surface area contributed by atoms with Crippen LogP contribution in [-0.4, -0.2) is 21.4 Å². The zero-order chi connectivity index (χ0) is 17.2. The van der Waals surface area contributed by atoms with Crippen LogP contribution in [-0.2, 0) is 17.0 Å². The smallest absolute Gasteiger partial charge is 0.322 e. The number of alkyl halides is 3. The van der Waals surface area contributed by atoms with Gasteiger partial charge in [0.25, 0.3) is 5.91 Å². The zero-order valence-electron chi connectivity index (χ0n) is 11.6. The number of carbonyl (C=O) groups excluding carboxylic acids is 1. The molecular formula is C14H10F4N2O2S. The van der Waals surface area contributed by atoms with Crippen molar-refractivity contribution in [2.45, 2.75) is 11.1 Å². The summed E-state index contributed by atoms with van der Waals surface area (Å²) in [6.07, 6.45) is -2.50. The first kappa shape index (κ1) is 17.1. The van der Waals surface area contributed by atoms with Crippen LogP contribution in [0.2, 0.25) is 0 Å². The predicted molar refractivity (Wildman–Crippen MR) is 75.9 cm³/mol. The monoisotopic (exact) mass is 346 g/mol. The van der Waals surface area contributed by atoms with Gasteiger partial charge in [-0.1, -0.05) is 0 Å². The fourth-order valence-electron chi connectivity index (χ4n) is 1.71. The SMILES string of the molecule is CS(=O)c1ccc(NC(=O)c2ccc(C(F)(F)F)nc2)cc1F. The molecule has 0 saturated carbocycles. The number of rotatable bonds is 3. The second-order valence-corrected chi connectivity index (χ2v) is 5.83. The molecule has 1 atom stereocenters. The first-order valence-corrected chi connectivity index (χ1v) is 7.72. The Morgan fingerprint density at radius 1 is 1.22 bits per heavy atom. The molecule has 0 aliphatic carbocycles. The molecule has 0 saturated heterocycles. The van der Waals surface area contributed by atoms with Crippen molar-refractivity contribution in [3.8, 4) is 0 Å². The average molecular weight is 346 g/mol. The van der Waals surface area contributed by atoms with Crippen molar-refractivity contribution in [2.75, 3.05) is 11.6 Å². The molecule has 0 bridgehead atoms. The first-order chi connectivity index (χ1) is 10.7. The largest absolute Gasteiger partial charge is 0.433 e. The molecule has 0 aliphatic heterocycles. The number of pyridine rings is 1. The molecule has 1 heterocycles. The second-order valence-electron chi connectivity index (χ2n) is 4.48. The number of halogens is 4. The highest BCUT2D eigenvalue weighted by atomic mass is 32.2. The third-order valence-corrected chi connectivity index (χ3v) is 3.77. The Kier molecular flexibility index (Phi) is 4.79. The molecule has 0 spiro atoms. The van der Waals surface area contributed by atoms with E-state index in [1.807, 2.05) is 0 Å². The van der Waals surface area contributed by atoms with Crippen molar-refractivity contribution in [3.05, 3.63) is 53.6 Å². The van der Waals surface area contributed by atoms with E-state index < -0.39 is 34.4 Å². The molecule has 0 aliphatic rings. The van der Waals surface area contributed by atoms with E-state index in [0.29, 0.717) is 6.07 Å². The van der Waals surface area contributed by atoms with E-state index >= 15 is 0 Å². The van der Waals surface area contributed by atoms with Crippen molar-refractivity contribution in [2.24, 2.45) is 0 Å². The van der Waals surface area contributed by atoms with Crippen LogP contribution in [0.1, 0.15) is 16.1 Å². The van der Waals surface area contributed by atoms with Gasteiger partial charge in [0.1, 0.15) is 11.5 Å². The number of benzene rings is 1. The summed E-state index contributed by atoms with van der Waals surface area (Å²) < 4.78 is 62.0. The van der Waals surface area contributed by atoms with E-state index in [9.17, 15) is 26.6 Å². The van der Waals surface area contributed by atoms with Crippen LogP contribution in [0.15, 0.2) is 41.4 Å². The van der Waals surface area contributed by atoms with Crippen LogP contribution in [0.25, 0.3) is 0 Å². The molecule has 1 aromatic heterocycles. The number of carbonyl (C=O) groups is 1. The number of hydrogen-bond donors (Lipinski definition) is 1. The first-order valence-electron chi connectivity index (χ1n) is 6.16. The Hall–Kier alpha value is -2.29. The minimum absolute atomic E-state index is 0.0146. The molecule has 4 nitrogen and oxygen atoms in total. The molecular weight excluding hydrogens is 336 g/mol. The summed E-state index contributed by atoms with van der Waals surface area (Å²) in [6.45, 7) is 0. The normalized spacial score (nSPS) is 12.7. The van der Waals surface area contributed by atoms with Gasteiger partial charge in [-0.3, -0.25) is 14.0 Å². The quantitative estimate of drug-likeness (QED) is 0.868. The third kappa shape index (κ3) is 4.13. The van der Waals surface area contributed by atoms with Gasteiger partial charge in [0.2, 0.25) is 0 Å². The highest BCUT2D eigenvalue weighted by Crippen LogP contribution is 2.27. The summed E-state index contributed by atoms with van der Waals surface area (Å²) in [7, 11) is -1.51. The minimum atomic E-state index is -4.59.